The summed E-state index contributed by atoms with van der Waals surface area (Å²) in [6.45, 7) is 2.44. The minimum Gasteiger partial charge on any atom is -0.488 e. The maximum atomic E-state index is 12.3. The Kier molecular flexibility index (Phi) is 3.75. The fourth-order valence-electron chi connectivity index (χ4n) is 4.19. The van der Waals surface area contributed by atoms with E-state index in [0.717, 1.165) is 52.7 Å². The van der Waals surface area contributed by atoms with E-state index in [1.165, 1.54) is 10.8 Å². The molecule has 0 saturated carbocycles. The van der Waals surface area contributed by atoms with Crippen molar-refractivity contribution in [2.45, 2.75) is 32.8 Å². The molecule has 0 fully saturated rings. The Balaban J connectivity index is 1.53. The quantitative estimate of drug-likeness (QED) is 0.466. The maximum absolute atomic E-state index is 12.3. The molecule has 0 atom stereocenters. The topological polar surface area (TPSA) is 39.4 Å². The summed E-state index contributed by atoms with van der Waals surface area (Å²) >= 11 is 0. The Morgan fingerprint density at radius 1 is 0.926 bits per heavy atom. The molecule has 0 spiro atoms. The summed E-state index contributed by atoms with van der Waals surface area (Å²) in [5.41, 5.74) is 4.51. The van der Waals surface area contributed by atoms with Gasteiger partial charge in [-0.05, 0) is 60.2 Å². The van der Waals surface area contributed by atoms with E-state index in [9.17, 15) is 4.79 Å². The number of fused-ring (bicyclic) bond motifs is 4. The van der Waals surface area contributed by atoms with Crippen LogP contribution in [-0.4, -0.2) is 0 Å². The van der Waals surface area contributed by atoms with Crippen molar-refractivity contribution in [1.82, 2.24) is 0 Å². The van der Waals surface area contributed by atoms with Crippen LogP contribution in [0.4, 0.5) is 0 Å². The Bertz CT molecular complexity index is 1230. The van der Waals surface area contributed by atoms with Crippen LogP contribution >= 0.6 is 0 Å². The third-order valence-electron chi connectivity index (χ3n) is 5.60. The zero-order valence-corrected chi connectivity index (χ0v) is 15.2. The van der Waals surface area contributed by atoms with Crippen LogP contribution in [0, 0.1) is 6.92 Å². The molecule has 5 rings (SSSR count). The Morgan fingerprint density at radius 2 is 1.74 bits per heavy atom. The summed E-state index contributed by atoms with van der Waals surface area (Å²) in [6, 6.07) is 18.6. The van der Waals surface area contributed by atoms with Gasteiger partial charge in [0.15, 0.2) is 0 Å². The zero-order chi connectivity index (χ0) is 18.4. The van der Waals surface area contributed by atoms with Crippen LogP contribution in [0.3, 0.4) is 0 Å². The standard InChI is InChI=1S/C24H20O3/c1-15-22(26-14-17-8-4-7-16-6-2-3-9-18(16)17)13-12-20-19-10-5-11-21(19)24(25)27-23(15)20/h2-4,6-9,12-13H,5,10-11,14H2,1H3. The van der Waals surface area contributed by atoms with E-state index in [1.807, 2.05) is 31.2 Å². The number of benzene rings is 3. The molecule has 0 N–H and O–H groups in total. The maximum Gasteiger partial charge on any atom is 0.339 e. The van der Waals surface area contributed by atoms with Crippen LogP contribution in [-0.2, 0) is 19.4 Å². The summed E-state index contributed by atoms with van der Waals surface area (Å²) in [4.78, 5) is 12.3. The first-order valence-electron chi connectivity index (χ1n) is 9.40. The monoisotopic (exact) mass is 356 g/mol. The lowest BCUT2D eigenvalue weighted by Crippen LogP contribution is -2.08. The predicted molar refractivity (Wildman–Crippen MR) is 108 cm³/mol. The van der Waals surface area contributed by atoms with Gasteiger partial charge in [-0.2, -0.15) is 0 Å². The van der Waals surface area contributed by atoms with Crippen molar-refractivity contribution in [2.24, 2.45) is 0 Å². The Hall–Kier alpha value is -3.07. The van der Waals surface area contributed by atoms with E-state index < -0.39 is 0 Å². The van der Waals surface area contributed by atoms with Crippen molar-refractivity contribution < 1.29 is 9.15 Å². The Morgan fingerprint density at radius 3 is 2.67 bits per heavy atom. The van der Waals surface area contributed by atoms with Crippen LogP contribution in [0.25, 0.3) is 21.7 Å². The van der Waals surface area contributed by atoms with Gasteiger partial charge in [-0.1, -0.05) is 42.5 Å². The average Bonchev–Trinajstić information content (AvgIpc) is 3.19. The van der Waals surface area contributed by atoms with E-state index in [1.54, 1.807) is 0 Å². The third-order valence-corrected chi connectivity index (χ3v) is 5.60. The molecule has 134 valence electrons. The molecule has 0 amide bonds. The van der Waals surface area contributed by atoms with Gasteiger partial charge in [0.1, 0.15) is 17.9 Å². The molecule has 0 aliphatic heterocycles. The molecule has 0 saturated heterocycles. The SMILES string of the molecule is Cc1c(OCc2cccc3ccccc23)ccc2c3c(c(=O)oc12)CCC3. The van der Waals surface area contributed by atoms with Gasteiger partial charge in [0.05, 0.1) is 0 Å². The van der Waals surface area contributed by atoms with Gasteiger partial charge in [-0.3, -0.25) is 0 Å². The van der Waals surface area contributed by atoms with Gasteiger partial charge in [0, 0.05) is 16.5 Å². The number of aryl methyl sites for hydroxylation is 2. The van der Waals surface area contributed by atoms with Crippen LogP contribution < -0.4 is 10.4 Å². The first-order valence-corrected chi connectivity index (χ1v) is 9.40. The fraction of sp³-hybridized carbons (Fsp3) is 0.208. The molecule has 1 aliphatic carbocycles. The van der Waals surface area contributed by atoms with Gasteiger partial charge in [-0.25, -0.2) is 4.79 Å². The average molecular weight is 356 g/mol. The molecule has 0 unspecified atom stereocenters. The first kappa shape index (κ1) is 16.1. The minimum atomic E-state index is -0.190. The summed E-state index contributed by atoms with van der Waals surface area (Å²) < 4.78 is 11.8. The van der Waals surface area contributed by atoms with Gasteiger partial charge >= 0.3 is 5.63 Å². The molecule has 4 aromatic rings. The highest BCUT2D eigenvalue weighted by Gasteiger charge is 2.21. The molecule has 3 heteroatoms. The van der Waals surface area contributed by atoms with Crippen LogP contribution in [0.15, 0.2) is 63.8 Å². The molecule has 1 aliphatic rings. The van der Waals surface area contributed by atoms with Crippen molar-refractivity contribution in [3.05, 3.63) is 87.3 Å². The fourth-order valence-corrected chi connectivity index (χ4v) is 4.19. The zero-order valence-electron chi connectivity index (χ0n) is 15.2. The summed E-state index contributed by atoms with van der Waals surface area (Å²) in [6.07, 6.45) is 2.80. The van der Waals surface area contributed by atoms with Gasteiger partial charge in [0.2, 0.25) is 0 Å². The second kappa shape index (κ2) is 6.27. The third kappa shape index (κ3) is 2.62. The summed E-state index contributed by atoms with van der Waals surface area (Å²) in [5, 5.41) is 3.45. The highest BCUT2D eigenvalue weighted by Crippen LogP contribution is 2.33. The highest BCUT2D eigenvalue weighted by atomic mass is 16.5. The normalized spacial score (nSPS) is 13.2. The lowest BCUT2D eigenvalue weighted by Gasteiger charge is -2.13. The molecule has 0 bridgehead atoms. The second-order valence-electron chi connectivity index (χ2n) is 7.19. The van der Waals surface area contributed by atoms with E-state index in [4.69, 9.17) is 9.15 Å². The van der Waals surface area contributed by atoms with Gasteiger partial charge in [0.25, 0.3) is 0 Å². The molecule has 1 heterocycles. The predicted octanol–water partition coefficient (Wildman–Crippen LogP) is 5.32. The molecule has 3 aromatic carbocycles. The molecule has 27 heavy (non-hydrogen) atoms. The summed E-state index contributed by atoms with van der Waals surface area (Å²) in [7, 11) is 0. The number of rotatable bonds is 3. The van der Waals surface area contributed by atoms with Crippen molar-refractivity contribution in [2.75, 3.05) is 0 Å². The number of hydrogen-bond donors (Lipinski definition) is 0. The molecule has 0 radical (unpaired) electrons. The van der Waals surface area contributed by atoms with Gasteiger partial charge in [-0.15, -0.1) is 0 Å². The molecule has 3 nitrogen and oxygen atoms in total. The highest BCUT2D eigenvalue weighted by molar-refractivity contribution is 5.87. The first-order chi connectivity index (χ1) is 13.2. The van der Waals surface area contributed by atoms with Crippen molar-refractivity contribution in [1.29, 1.82) is 0 Å². The molecular formula is C24H20O3. The van der Waals surface area contributed by atoms with Crippen LogP contribution in [0.5, 0.6) is 5.75 Å². The molecular weight excluding hydrogens is 336 g/mol. The smallest absolute Gasteiger partial charge is 0.339 e. The van der Waals surface area contributed by atoms with E-state index in [2.05, 4.69) is 30.3 Å². The van der Waals surface area contributed by atoms with Crippen molar-refractivity contribution in [3.63, 3.8) is 0 Å². The lowest BCUT2D eigenvalue weighted by atomic mass is 10.0. The molecule has 1 aromatic heterocycles. The largest absolute Gasteiger partial charge is 0.488 e. The number of hydrogen-bond acceptors (Lipinski definition) is 3. The van der Waals surface area contributed by atoms with E-state index in [-0.39, 0.29) is 5.63 Å². The second-order valence-corrected chi connectivity index (χ2v) is 7.19. The minimum absolute atomic E-state index is 0.190. The van der Waals surface area contributed by atoms with E-state index in [0.29, 0.717) is 12.2 Å². The lowest BCUT2D eigenvalue weighted by molar-refractivity contribution is 0.305. The summed E-state index contributed by atoms with van der Waals surface area (Å²) in [5.74, 6) is 0.761. The number of ether oxygens (including phenoxy) is 1. The van der Waals surface area contributed by atoms with Crippen molar-refractivity contribution >= 4 is 21.7 Å². The van der Waals surface area contributed by atoms with Crippen molar-refractivity contribution in [3.8, 4) is 5.75 Å². The van der Waals surface area contributed by atoms with Crippen LogP contribution in [0.1, 0.15) is 28.7 Å². The van der Waals surface area contributed by atoms with E-state index >= 15 is 0 Å². The Labute approximate surface area is 157 Å². The van der Waals surface area contributed by atoms with Gasteiger partial charge < -0.3 is 9.15 Å². The van der Waals surface area contributed by atoms with Crippen LogP contribution in [0.2, 0.25) is 0 Å².